The van der Waals surface area contributed by atoms with Gasteiger partial charge in [0.1, 0.15) is 5.75 Å². The summed E-state index contributed by atoms with van der Waals surface area (Å²) in [5.74, 6) is 0.659. The summed E-state index contributed by atoms with van der Waals surface area (Å²) in [5, 5.41) is 8.13. The van der Waals surface area contributed by atoms with Crippen LogP contribution in [0.4, 0.5) is 0 Å². The van der Waals surface area contributed by atoms with Gasteiger partial charge in [-0.3, -0.25) is 9.78 Å². The fourth-order valence-corrected chi connectivity index (χ4v) is 3.99. The summed E-state index contributed by atoms with van der Waals surface area (Å²) < 4.78 is 5.99. The largest absolute Gasteiger partial charge is 0.444 e. The molecule has 0 saturated carbocycles. The van der Waals surface area contributed by atoms with Crippen molar-refractivity contribution in [3.63, 3.8) is 0 Å². The van der Waals surface area contributed by atoms with E-state index in [1.54, 1.807) is 6.20 Å². The van der Waals surface area contributed by atoms with E-state index in [-0.39, 0.29) is 0 Å². The van der Waals surface area contributed by atoms with Gasteiger partial charge >= 0.3 is 0 Å². The summed E-state index contributed by atoms with van der Waals surface area (Å²) in [7, 11) is 0. The Balaban J connectivity index is 2.12. The summed E-state index contributed by atoms with van der Waals surface area (Å²) in [6, 6.07) is 3.65. The van der Waals surface area contributed by atoms with Crippen molar-refractivity contribution in [2.24, 2.45) is 0 Å². The summed E-state index contributed by atoms with van der Waals surface area (Å²) >= 11 is 5.87. The van der Waals surface area contributed by atoms with E-state index in [0.717, 1.165) is 46.4 Å². The second-order valence-corrected chi connectivity index (χ2v) is 6.39. The lowest BCUT2D eigenvalue weighted by Crippen LogP contribution is -2.03. The van der Waals surface area contributed by atoms with Crippen LogP contribution in [0.3, 0.4) is 0 Å². The minimum Gasteiger partial charge on any atom is -0.444 e. The number of thiol groups is 1. The van der Waals surface area contributed by atoms with Crippen LogP contribution < -0.4 is 4.74 Å². The van der Waals surface area contributed by atoms with Crippen molar-refractivity contribution < 1.29 is 9.53 Å². The maximum Gasteiger partial charge on any atom is 0.190 e. The normalized spacial score (nSPS) is 13.7. The first-order chi connectivity index (χ1) is 10.7. The molecule has 1 aliphatic carbocycles. The summed E-state index contributed by atoms with van der Waals surface area (Å²) in [6.07, 6.45) is 5.34. The SMILES string of the molecule is Cc1ncccc1Oc1sc(C=O)c2c1C(S)=C(C=N)CC2. The van der Waals surface area contributed by atoms with Gasteiger partial charge in [0.25, 0.3) is 0 Å². The first-order valence-electron chi connectivity index (χ1n) is 6.79. The third kappa shape index (κ3) is 2.48. The van der Waals surface area contributed by atoms with Crippen molar-refractivity contribution in [3.8, 4) is 10.8 Å². The van der Waals surface area contributed by atoms with Gasteiger partial charge in [0.15, 0.2) is 11.3 Å². The third-order valence-electron chi connectivity index (χ3n) is 3.63. The molecular weight excluding hydrogens is 316 g/mol. The second-order valence-electron chi connectivity index (χ2n) is 4.93. The van der Waals surface area contributed by atoms with Crippen molar-refractivity contribution in [1.29, 1.82) is 5.41 Å². The van der Waals surface area contributed by atoms with Crippen LogP contribution in [0.15, 0.2) is 23.9 Å². The fraction of sp³-hybridized carbons (Fsp3) is 0.188. The number of hydrogen-bond acceptors (Lipinski definition) is 6. The summed E-state index contributed by atoms with van der Waals surface area (Å²) in [5.41, 5.74) is 3.44. The van der Waals surface area contributed by atoms with Crippen LogP contribution in [-0.2, 0) is 6.42 Å². The third-order valence-corrected chi connectivity index (χ3v) is 5.18. The van der Waals surface area contributed by atoms with Crippen LogP contribution >= 0.6 is 24.0 Å². The maximum absolute atomic E-state index is 11.3. The average molecular weight is 330 g/mol. The minimum atomic E-state index is 0.636. The van der Waals surface area contributed by atoms with E-state index in [1.165, 1.54) is 17.6 Å². The van der Waals surface area contributed by atoms with Crippen LogP contribution in [0.25, 0.3) is 4.91 Å². The minimum absolute atomic E-state index is 0.636. The standard InChI is InChI=1S/C16H14N2O2S2/c1-9-12(3-2-6-18-9)20-16-14-11(13(8-19)22-16)5-4-10(7-17)15(14)21/h2-3,6-8,17,21H,4-5H2,1H3. The van der Waals surface area contributed by atoms with Gasteiger partial charge in [0.2, 0.25) is 0 Å². The molecule has 6 heteroatoms. The van der Waals surface area contributed by atoms with Gasteiger partial charge in [-0.05, 0) is 43.0 Å². The number of allylic oxidation sites excluding steroid dienone is 1. The number of aromatic nitrogens is 1. The van der Waals surface area contributed by atoms with Crippen LogP contribution in [0, 0.1) is 12.3 Å². The number of fused-ring (bicyclic) bond motifs is 1. The molecule has 4 nitrogen and oxygen atoms in total. The van der Waals surface area contributed by atoms with Gasteiger partial charge in [-0.2, -0.15) is 0 Å². The topological polar surface area (TPSA) is 63.0 Å². The maximum atomic E-state index is 11.3. The number of ether oxygens (including phenoxy) is 1. The Labute approximate surface area is 137 Å². The fourth-order valence-electron chi connectivity index (χ4n) is 2.47. The molecule has 0 amide bonds. The molecule has 22 heavy (non-hydrogen) atoms. The molecule has 2 aromatic rings. The Morgan fingerprint density at radius 1 is 1.45 bits per heavy atom. The number of pyridine rings is 1. The quantitative estimate of drug-likeness (QED) is 0.499. The molecule has 112 valence electrons. The number of thiophene rings is 1. The smallest absolute Gasteiger partial charge is 0.190 e. The highest BCUT2D eigenvalue weighted by molar-refractivity contribution is 7.90. The highest BCUT2D eigenvalue weighted by Gasteiger charge is 2.26. The number of rotatable bonds is 4. The van der Waals surface area contributed by atoms with Crippen LogP contribution in [-0.4, -0.2) is 17.5 Å². The predicted molar refractivity (Wildman–Crippen MR) is 91.8 cm³/mol. The molecule has 3 rings (SSSR count). The van der Waals surface area contributed by atoms with Crippen molar-refractivity contribution >= 4 is 41.4 Å². The number of aldehydes is 1. The molecule has 0 aliphatic heterocycles. The van der Waals surface area contributed by atoms with Crippen LogP contribution in [0.2, 0.25) is 0 Å². The monoisotopic (exact) mass is 330 g/mol. The van der Waals surface area contributed by atoms with E-state index >= 15 is 0 Å². The molecule has 0 bridgehead atoms. The highest BCUT2D eigenvalue weighted by atomic mass is 32.1. The average Bonchev–Trinajstić information content (AvgIpc) is 2.88. The summed E-state index contributed by atoms with van der Waals surface area (Å²) in [4.78, 5) is 16.9. The Morgan fingerprint density at radius 3 is 2.95 bits per heavy atom. The first-order valence-corrected chi connectivity index (χ1v) is 8.05. The van der Waals surface area contributed by atoms with Gasteiger partial charge in [-0.1, -0.05) is 11.3 Å². The Kier molecular flexibility index (Phi) is 4.13. The molecule has 2 aromatic heterocycles. The molecule has 0 saturated heterocycles. The zero-order valence-electron chi connectivity index (χ0n) is 11.9. The molecule has 2 heterocycles. The zero-order valence-corrected chi connectivity index (χ0v) is 13.6. The molecule has 1 aliphatic rings. The number of nitrogens with zero attached hydrogens (tertiary/aromatic N) is 1. The van der Waals surface area contributed by atoms with Gasteiger partial charge in [0, 0.05) is 22.9 Å². The number of nitrogens with one attached hydrogen (secondary N) is 1. The molecular formula is C16H14N2O2S2. The molecule has 1 N–H and O–H groups in total. The molecule has 0 aromatic carbocycles. The van der Waals surface area contributed by atoms with Crippen LogP contribution in [0.5, 0.6) is 10.8 Å². The van der Waals surface area contributed by atoms with E-state index in [4.69, 9.17) is 10.1 Å². The predicted octanol–water partition coefficient (Wildman–Crippen LogP) is 4.29. The Hall–Kier alpha value is -1.92. The van der Waals surface area contributed by atoms with Crippen molar-refractivity contribution in [2.45, 2.75) is 19.8 Å². The zero-order chi connectivity index (χ0) is 15.7. The van der Waals surface area contributed by atoms with E-state index < -0.39 is 0 Å². The Morgan fingerprint density at radius 2 is 2.27 bits per heavy atom. The molecule has 0 atom stereocenters. The number of hydrogen-bond donors (Lipinski definition) is 2. The van der Waals surface area contributed by atoms with Gasteiger partial charge in [0.05, 0.1) is 10.6 Å². The van der Waals surface area contributed by atoms with Crippen molar-refractivity contribution in [2.75, 3.05) is 0 Å². The van der Waals surface area contributed by atoms with E-state index in [9.17, 15) is 4.79 Å². The lowest BCUT2D eigenvalue weighted by Gasteiger charge is -2.17. The number of carbonyl (C=O) groups excluding carboxylic acids is 1. The summed E-state index contributed by atoms with van der Waals surface area (Å²) in [6.45, 7) is 1.87. The van der Waals surface area contributed by atoms with Gasteiger partial charge in [-0.15, -0.1) is 12.6 Å². The number of aryl methyl sites for hydroxylation is 1. The second kappa shape index (κ2) is 6.06. The van der Waals surface area contributed by atoms with Crippen molar-refractivity contribution in [1.82, 2.24) is 4.98 Å². The molecule has 0 unspecified atom stereocenters. The van der Waals surface area contributed by atoms with E-state index in [2.05, 4.69) is 17.6 Å². The van der Waals surface area contributed by atoms with E-state index in [0.29, 0.717) is 15.7 Å². The van der Waals surface area contributed by atoms with E-state index in [1.807, 2.05) is 19.1 Å². The lowest BCUT2D eigenvalue weighted by atomic mass is 9.94. The van der Waals surface area contributed by atoms with Crippen LogP contribution in [0.1, 0.15) is 32.9 Å². The Bertz CT molecular complexity index is 793. The molecule has 0 fully saturated rings. The first kappa shape index (κ1) is 15.0. The lowest BCUT2D eigenvalue weighted by molar-refractivity contribution is 0.112. The molecule has 0 radical (unpaired) electrons. The van der Waals surface area contributed by atoms with Gasteiger partial charge < -0.3 is 10.1 Å². The highest BCUT2D eigenvalue weighted by Crippen LogP contribution is 2.47. The number of carbonyl (C=O) groups is 1. The molecule has 0 spiro atoms. The van der Waals surface area contributed by atoms with Gasteiger partial charge in [-0.25, -0.2) is 0 Å². The van der Waals surface area contributed by atoms with Crippen molar-refractivity contribution in [3.05, 3.63) is 45.6 Å².